The summed E-state index contributed by atoms with van der Waals surface area (Å²) in [7, 11) is 3.24. The lowest BCUT2D eigenvalue weighted by molar-refractivity contribution is 0.372. The largest absolute Gasteiger partial charge is 0.504 e. The third-order valence-corrected chi connectivity index (χ3v) is 4.55. The molecule has 0 aliphatic carbocycles. The molecule has 3 N–H and O–H groups in total. The number of methoxy groups -OCH3 is 2. The van der Waals surface area contributed by atoms with Crippen molar-refractivity contribution in [2.24, 2.45) is 5.73 Å². The summed E-state index contributed by atoms with van der Waals surface area (Å²) in [5, 5.41) is 9.78. The number of hydrogen-bond donors (Lipinski definition) is 2. The van der Waals surface area contributed by atoms with Crippen LogP contribution in [0.4, 0.5) is 0 Å². The molecule has 2 aromatic carbocycles. The number of phenols is 1. The topological polar surface area (TPSA) is 64.7 Å². The quantitative estimate of drug-likeness (QED) is 0.832. The van der Waals surface area contributed by atoms with E-state index < -0.39 is 0 Å². The molecular weight excluding hydrogens is 314 g/mol. The van der Waals surface area contributed by atoms with Crippen molar-refractivity contribution in [3.05, 3.63) is 53.1 Å². The Morgan fingerprint density at radius 3 is 2.24 bits per heavy atom. The molecule has 0 spiro atoms. The number of benzene rings is 2. The molecule has 136 valence electrons. The van der Waals surface area contributed by atoms with E-state index in [4.69, 9.17) is 15.2 Å². The molecule has 0 amide bonds. The highest BCUT2D eigenvalue weighted by atomic mass is 16.5. The Balaban J connectivity index is 2.39. The van der Waals surface area contributed by atoms with Gasteiger partial charge in [0.25, 0.3) is 0 Å². The van der Waals surface area contributed by atoms with Gasteiger partial charge in [0.15, 0.2) is 11.5 Å². The second-order valence-corrected chi connectivity index (χ2v) is 7.35. The summed E-state index contributed by atoms with van der Waals surface area (Å²) in [5.74, 6) is 1.59. The Morgan fingerprint density at radius 1 is 1.00 bits per heavy atom. The van der Waals surface area contributed by atoms with Crippen molar-refractivity contribution in [2.75, 3.05) is 20.8 Å². The van der Waals surface area contributed by atoms with Crippen LogP contribution in [0.25, 0.3) is 0 Å². The maximum absolute atomic E-state index is 9.78. The van der Waals surface area contributed by atoms with Crippen molar-refractivity contribution < 1.29 is 14.6 Å². The van der Waals surface area contributed by atoms with Gasteiger partial charge >= 0.3 is 0 Å². The number of hydrogen-bond acceptors (Lipinski definition) is 4. The summed E-state index contributed by atoms with van der Waals surface area (Å²) in [5.41, 5.74) is 9.59. The minimum absolute atomic E-state index is 0.0575. The Labute approximate surface area is 150 Å². The smallest absolute Gasteiger partial charge is 0.160 e. The van der Waals surface area contributed by atoms with Crippen molar-refractivity contribution in [3.8, 4) is 17.2 Å². The summed E-state index contributed by atoms with van der Waals surface area (Å²) in [4.78, 5) is 0. The van der Waals surface area contributed by atoms with Crippen molar-refractivity contribution in [1.29, 1.82) is 0 Å². The molecule has 2 rings (SSSR count). The normalized spacial score (nSPS) is 12.7. The first kappa shape index (κ1) is 19.1. The fourth-order valence-corrected chi connectivity index (χ4v) is 2.97. The van der Waals surface area contributed by atoms with Gasteiger partial charge in [-0.2, -0.15) is 0 Å². The van der Waals surface area contributed by atoms with Crippen LogP contribution in [0.5, 0.6) is 17.2 Å². The molecule has 0 saturated heterocycles. The minimum atomic E-state index is 0.0575. The summed E-state index contributed by atoms with van der Waals surface area (Å²) >= 11 is 0. The molecule has 25 heavy (non-hydrogen) atoms. The number of aromatic hydroxyl groups is 1. The maximum Gasteiger partial charge on any atom is 0.160 e. The average molecular weight is 343 g/mol. The van der Waals surface area contributed by atoms with Crippen LogP contribution >= 0.6 is 0 Å². The Kier molecular flexibility index (Phi) is 5.96. The first-order chi connectivity index (χ1) is 11.8. The molecule has 0 saturated carbocycles. The van der Waals surface area contributed by atoms with Crippen molar-refractivity contribution in [2.45, 2.75) is 38.5 Å². The molecule has 0 aromatic heterocycles. The Bertz CT molecular complexity index is 720. The summed E-state index contributed by atoms with van der Waals surface area (Å²) in [6.45, 7) is 7.09. The Hall–Kier alpha value is -2.20. The highest BCUT2D eigenvalue weighted by Gasteiger charge is 2.21. The van der Waals surface area contributed by atoms with Gasteiger partial charge in [-0.15, -0.1) is 0 Å². The van der Waals surface area contributed by atoms with Crippen molar-refractivity contribution in [1.82, 2.24) is 0 Å². The van der Waals surface area contributed by atoms with Gasteiger partial charge in [0, 0.05) is 5.92 Å². The predicted molar refractivity (Wildman–Crippen MR) is 102 cm³/mol. The molecule has 4 heteroatoms. The summed E-state index contributed by atoms with van der Waals surface area (Å²) < 4.78 is 10.8. The number of nitrogens with two attached hydrogens (primary N) is 1. The number of phenolic OH excluding ortho intramolecular Hbond substituents is 1. The molecule has 2 aromatic rings. The molecular formula is C21H29NO3. The van der Waals surface area contributed by atoms with Crippen LogP contribution in [0.3, 0.4) is 0 Å². The minimum Gasteiger partial charge on any atom is -0.504 e. The van der Waals surface area contributed by atoms with Crippen molar-refractivity contribution in [3.63, 3.8) is 0 Å². The highest BCUT2D eigenvalue weighted by Crippen LogP contribution is 2.35. The maximum atomic E-state index is 9.78. The number of ether oxygens (including phenoxy) is 2. The number of rotatable bonds is 6. The molecule has 0 bridgehead atoms. The van der Waals surface area contributed by atoms with Gasteiger partial charge in [-0.05, 0) is 53.3 Å². The van der Waals surface area contributed by atoms with E-state index in [-0.39, 0.29) is 17.1 Å². The van der Waals surface area contributed by atoms with Gasteiger partial charge in [0.2, 0.25) is 0 Å². The lowest BCUT2D eigenvalue weighted by Gasteiger charge is -2.24. The first-order valence-corrected chi connectivity index (χ1v) is 8.54. The van der Waals surface area contributed by atoms with E-state index in [1.54, 1.807) is 20.3 Å². The van der Waals surface area contributed by atoms with E-state index in [1.807, 2.05) is 18.2 Å². The highest BCUT2D eigenvalue weighted by molar-refractivity contribution is 5.45. The zero-order valence-electron chi connectivity index (χ0n) is 15.8. The Morgan fingerprint density at radius 2 is 1.68 bits per heavy atom. The average Bonchev–Trinajstić information content (AvgIpc) is 2.59. The predicted octanol–water partition coefficient (Wildman–Crippen LogP) is 3.99. The standard InChI is InChI=1S/C21H29NO3/c1-21(2,3)16-7-9-19(24-4)17(12-16)15(13-22)10-14-6-8-18(23)20(11-14)25-5/h6-9,11-12,15,23H,10,13,22H2,1-5H3. The zero-order chi connectivity index (χ0) is 18.6. The van der Waals surface area contributed by atoms with E-state index in [2.05, 4.69) is 32.9 Å². The van der Waals surface area contributed by atoms with Gasteiger partial charge in [-0.3, -0.25) is 0 Å². The first-order valence-electron chi connectivity index (χ1n) is 8.54. The monoisotopic (exact) mass is 343 g/mol. The zero-order valence-corrected chi connectivity index (χ0v) is 15.8. The van der Waals surface area contributed by atoms with E-state index in [9.17, 15) is 5.11 Å². The van der Waals surface area contributed by atoms with Gasteiger partial charge in [0.05, 0.1) is 14.2 Å². The van der Waals surface area contributed by atoms with E-state index >= 15 is 0 Å². The third kappa shape index (κ3) is 4.45. The summed E-state index contributed by atoms with van der Waals surface area (Å²) in [6, 6.07) is 11.8. The molecule has 4 nitrogen and oxygen atoms in total. The van der Waals surface area contributed by atoms with Crippen LogP contribution in [-0.4, -0.2) is 25.9 Å². The lowest BCUT2D eigenvalue weighted by atomic mass is 9.83. The lowest BCUT2D eigenvalue weighted by Crippen LogP contribution is -2.18. The van der Waals surface area contributed by atoms with Crippen LogP contribution in [-0.2, 0) is 11.8 Å². The van der Waals surface area contributed by atoms with Gasteiger partial charge in [0.1, 0.15) is 5.75 Å². The second-order valence-electron chi connectivity index (χ2n) is 7.35. The summed E-state index contributed by atoms with van der Waals surface area (Å²) in [6.07, 6.45) is 0.747. The fraction of sp³-hybridized carbons (Fsp3) is 0.429. The molecule has 0 heterocycles. The second kappa shape index (κ2) is 7.79. The van der Waals surface area contributed by atoms with Crippen LogP contribution in [0.2, 0.25) is 0 Å². The molecule has 1 atom stereocenters. The molecule has 0 aliphatic heterocycles. The van der Waals surface area contributed by atoms with Gasteiger partial charge < -0.3 is 20.3 Å². The van der Waals surface area contributed by atoms with Crippen LogP contribution in [0.15, 0.2) is 36.4 Å². The van der Waals surface area contributed by atoms with Crippen LogP contribution in [0, 0.1) is 0 Å². The molecule has 0 fully saturated rings. The van der Waals surface area contributed by atoms with Gasteiger partial charge in [-0.1, -0.05) is 39.0 Å². The van der Waals surface area contributed by atoms with Crippen LogP contribution in [0.1, 0.15) is 43.4 Å². The van der Waals surface area contributed by atoms with Gasteiger partial charge in [-0.25, -0.2) is 0 Å². The van der Waals surface area contributed by atoms with Crippen molar-refractivity contribution >= 4 is 0 Å². The SMILES string of the molecule is COc1cc(CC(CN)c2cc(C(C)(C)C)ccc2OC)ccc1O. The fourth-order valence-electron chi connectivity index (χ4n) is 2.97. The molecule has 1 unspecified atom stereocenters. The van der Waals surface area contributed by atoms with E-state index in [0.29, 0.717) is 12.3 Å². The third-order valence-electron chi connectivity index (χ3n) is 4.55. The van der Waals surface area contributed by atoms with E-state index in [0.717, 1.165) is 23.3 Å². The molecule has 0 radical (unpaired) electrons. The van der Waals surface area contributed by atoms with E-state index in [1.165, 1.54) is 5.56 Å². The van der Waals surface area contributed by atoms with Crippen LogP contribution < -0.4 is 15.2 Å². The molecule has 0 aliphatic rings.